The second-order valence-corrected chi connectivity index (χ2v) is 4.00. The van der Waals surface area contributed by atoms with Crippen molar-refractivity contribution in [2.45, 2.75) is 0 Å². The van der Waals surface area contributed by atoms with Gasteiger partial charge in [0.15, 0.2) is 0 Å². The molecule has 0 spiro atoms. The fourth-order valence-electron chi connectivity index (χ4n) is 1.20. The van der Waals surface area contributed by atoms with Crippen molar-refractivity contribution in [2.75, 3.05) is 5.32 Å². The SMILES string of the molecule is N#CC(=CNc1c(F)cccc1Br)c1nn[nH]n1. The van der Waals surface area contributed by atoms with Gasteiger partial charge in [-0.15, -0.1) is 10.2 Å². The van der Waals surface area contributed by atoms with Crippen LogP contribution >= 0.6 is 15.9 Å². The molecule has 1 aromatic heterocycles. The van der Waals surface area contributed by atoms with Crippen LogP contribution in [0.15, 0.2) is 28.9 Å². The van der Waals surface area contributed by atoms with E-state index >= 15 is 0 Å². The lowest BCUT2D eigenvalue weighted by molar-refractivity contribution is 0.631. The van der Waals surface area contributed by atoms with Crippen LogP contribution < -0.4 is 5.32 Å². The molecule has 90 valence electrons. The molecule has 18 heavy (non-hydrogen) atoms. The van der Waals surface area contributed by atoms with Gasteiger partial charge >= 0.3 is 0 Å². The largest absolute Gasteiger partial charge is 0.357 e. The highest BCUT2D eigenvalue weighted by Gasteiger charge is 2.08. The fraction of sp³-hybridized carbons (Fsp3) is 0. The normalized spacial score (nSPS) is 11.1. The third kappa shape index (κ3) is 2.52. The number of nitrogens with one attached hydrogen (secondary N) is 2. The lowest BCUT2D eigenvalue weighted by Crippen LogP contribution is -1.96. The molecule has 0 atom stereocenters. The van der Waals surface area contributed by atoms with Crippen LogP contribution in [0.5, 0.6) is 0 Å². The Morgan fingerprint density at radius 1 is 1.56 bits per heavy atom. The van der Waals surface area contributed by atoms with Gasteiger partial charge in [0.05, 0.1) is 5.69 Å². The summed E-state index contributed by atoms with van der Waals surface area (Å²) in [5.74, 6) is -0.302. The molecule has 0 amide bonds. The summed E-state index contributed by atoms with van der Waals surface area (Å²) in [6.45, 7) is 0. The summed E-state index contributed by atoms with van der Waals surface area (Å²) in [4.78, 5) is 0. The van der Waals surface area contributed by atoms with Crippen LogP contribution in [-0.4, -0.2) is 20.6 Å². The molecule has 6 nitrogen and oxygen atoms in total. The lowest BCUT2D eigenvalue weighted by atomic mass is 10.3. The molecular weight excluding hydrogens is 303 g/mol. The maximum atomic E-state index is 13.5. The van der Waals surface area contributed by atoms with E-state index in [1.807, 2.05) is 6.07 Å². The number of anilines is 1. The third-order valence-electron chi connectivity index (χ3n) is 2.03. The molecule has 1 heterocycles. The predicted molar refractivity (Wildman–Crippen MR) is 65.5 cm³/mol. The molecule has 0 saturated heterocycles. The minimum Gasteiger partial charge on any atom is -0.357 e. The Hall–Kier alpha value is -2.27. The molecule has 0 aliphatic carbocycles. The molecule has 0 radical (unpaired) electrons. The number of rotatable bonds is 3. The number of nitriles is 1. The van der Waals surface area contributed by atoms with Crippen LogP contribution in [0.3, 0.4) is 0 Å². The van der Waals surface area contributed by atoms with E-state index in [1.54, 1.807) is 12.1 Å². The van der Waals surface area contributed by atoms with Crippen LogP contribution in [0.4, 0.5) is 10.1 Å². The number of hydrogen-bond acceptors (Lipinski definition) is 5. The van der Waals surface area contributed by atoms with Crippen molar-refractivity contribution in [2.24, 2.45) is 0 Å². The number of aromatic nitrogens is 4. The highest BCUT2D eigenvalue weighted by Crippen LogP contribution is 2.25. The van der Waals surface area contributed by atoms with Crippen molar-refractivity contribution < 1.29 is 4.39 Å². The Kier molecular flexibility index (Phi) is 3.64. The Morgan fingerprint density at radius 2 is 2.39 bits per heavy atom. The van der Waals surface area contributed by atoms with E-state index in [1.165, 1.54) is 12.3 Å². The van der Waals surface area contributed by atoms with Gasteiger partial charge < -0.3 is 5.32 Å². The van der Waals surface area contributed by atoms with Gasteiger partial charge in [0.25, 0.3) is 0 Å². The lowest BCUT2D eigenvalue weighted by Gasteiger charge is -2.05. The molecule has 0 bridgehead atoms. The summed E-state index contributed by atoms with van der Waals surface area (Å²) in [6, 6.07) is 6.44. The summed E-state index contributed by atoms with van der Waals surface area (Å²) in [7, 11) is 0. The minimum absolute atomic E-state index is 0.137. The molecule has 0 unspecified atom stereocenters. The number of H-pyrrole nitrogens is 1. The van der Waals surface area contributed by atoms with Crippen LogP contribution in [0.25, 0.3) is 5.57 Å². The summed E-state index contributed by atoms with van der Waals surface area (Å²) >= 11 is 3.20. The van der Waals surface area contributed by atoms with E-state index in [-0.39, 0.29) is 17.1 Å². The zero-order valence-corrected chi connectivity index (χ0v) is 10.4. The Balaban J connectivity index is 2.27. The van der Waals surface area contributed by atoms with E-state index < -0.39 is 5.82 Å². The zero-order valence-electron chi connectivity index (χ0n) is 8.85. The number of hydrogen-bond donors (Lipinski definition) is 2. The van der Waals surface area contributed by atoms with E-state index in [4.69, 9.17) is 5.26 Å². The standard InChI is InChI=1S/C10H6BrFN6/c11-7-2-1-3-8(12)9(7)14-5-6(4-13)10-15-17-18-16-10/h1-3,5,14H,(H,15,16,17,18). The minimum atomic E-state index is -0.439. The average Bonchev–Trinajstić information content (AvgIpc) is 2.87. The number of aromatic amines is 1. The molecule has 0 aliphatic heterocycles. The highest BCUT2D eigenvalue weighted by atomic mass is 79.9. The topological polar surface area (TPSA) is 90.3 Å². The summed E-state index contributed by atoms with van der Waals surface area (Å²) in [5, 5.41) is 24.5. The van der Waals surface area contributed by atoms with Gasteiger partial charge in [-0.05, 0) is 33.3 Å². The number of halogens is 2. The second kappa shape index (κ2) is 5.37. The summed E-state index contributed by atoms with van der Waals surface area (Å²) in [5.41, 5.74) is 0.368. The van der Waals surface area contributed by atoms with E-state index in [0.29, 0.717) is 4.47 Å². The first-order chi connectivity index (χ1) is 8.72. The van der Waals surface area contributed by atoms with E-state index in [0.717, 1.165) is 0 Å². The van der Waals surface area contributed by atoms with E-state index in [2.05, 4.69) is 41.9 Å². The predicted octanol–water partition coefficient (Wildman–Crippen LogP) is 2.08. The van der Waals surface area contributed by atoms with Gasteiger partial charge in [-0.1, -0.05) is 6.07 Å². The van der Waals surface area contributed by atoms with Gasteiger partial charge in [0.1, 0.15) is 17.5 Å². The van der Waals surface area contributed by atoms with Crippen LogP contribution in [0, 0.1) is 17.1 Å². The maximum Gasteiger partial charge on any atom is 0.216 e. The fourth-order valence-corrected chi connectivity index (χ4v) is 1.66. The average molecular weight is 309 g/mol. The molecule has 0 saturated carbocycles. The van der Waals surface area contributed by atoms with Gasteiger partial charge in [-0.3, -0.25) is 0 Å². The number of para-hydroxylation sites is 1. The summed E-state index contributed by atoms with van der Waals surface area (Å²) < 4.78 is 14.0. The smallest absolute Gasteiger partial charge is 0.216 e. The summed E-state index contributed by atoms with van der Waals surface area (Å²) in [6.07, 6.45) is 1.31. The monoisotopic (exact) mass is 308 g/mol. The van der Waals surface area contributed by atoms with Crippen molar-refractivity contribution >= 4 is 27.2 Å². The highest BCUT2D eigenvalue weighted by molar-refractivity contribution is 9.10. The molecule has 0 aliphatic rings. The maximum absolute atomic E-state index is 13.5. The number of tetrazole rings is 1. The van der Waals surface area contributed by atoms with Crippen molar-refractivity contribution in [3.63, 3.8) is 0 Å². The molecule has 8 heteroatoms. The molecule has 2 N–H and O–H groups in total. The first kappa shape index (κ1) is 12.2. The van der Waals surface area contributed by atoms with Crippen LogP contribution in [-0.2, 0) is 0 Å². The number of benzene rings is 1. The Labute approximate surface area is 110 Å². The van der Waals surface area contributed by atoms with Gasteiger partial charge in [0.2, 0.25) is 5.82 Å². The third-order valence-corrected chi connectivity index (χ3v) is 2.69. The van der Waals surface area contributed by atoms with Crippen molar-refractivity contribution in [3.05, 3.63) is 40.5 Å². The first-order valence-electron chi connectivity index (χ1n) is 4.77. The molecular formula is C10H6BrFN6. The van der Waals surface area contributed by atoms with Crippen LogP contribution in [0.2, 0.25) is 0 Å². The van der Waals surface area contributed by atoms with Crippen LogP contribution in [0.1, 0.15) is 5.82 Å². The number of allylic oxidation sites excluding steroid dienone is 1. The quantitative estimate of drug-likeness (QED) is 0.847. The van der Waals surface area contributed by atoms with Crippen molar-refractivity contribution in [1.82, 2.24) is 20.6 Å². The van der Waals surface area contributed by atoms with Gasteiger partial charge in [-0.25, -0.2) is 4.39 Å². The molecule has 2 aromatic rings. The second-order valence-electron chi connectivity index (χ2n) is 3.15. The van der Waals surface area contributed by atoms with Gasteiger partial charge in [0, 0.05) is 10.7 Å². The number of nitrogens with zero attached hydrogens (tertiary/aromatic N) is 4. The molecule has 1 aromatic carbocycles. The van der Waals surface area contributed by atoms with E-state index in [9.17, 15) is 4.39 Å². The Morgan fingerprint density at radius 3 is 3.00 bits per heavy atom. The first-order valence-corrected chi connectivity index (χ1v) is 5.56. The Bertz CT molecular complexity index is 596. The van der Waals surface area contributed by atoms with Gasteiger partial charge in [-0.2, -0.15) is 10.5 Å². The van der Waals surface area contributed by atoms with Crippen molar-refractivity contribution in [3.8, 4) is 6.07 Å². The zero-order chi connectivity index (χ0) is 13.0. The van der Waals surface area contributed by atoms with Crippen molar-refractivity contribution in [1.29, 1.82) is 5.26 Å². The molecule has 2 rings (SSSR count). The molecule has 0 fully saturated rings.